The van der Waals surface area contributed by atoms with E-state index in [1.165, 1.54) is 11.1 Å². The first-order valence-corrected chi connectivity index (χ1v) is 10.5. The molecule has 9 heteroatoms. The van der Waals surface area contributed by atoms with E-state index >= 15 is 0 Å². The number of pyridine rings is 1. The van der Waals surface area contributed by atoms with Gasteiger partial charge in [-0.05, 0) is 25.1 Å². The molecule has 1 fully saturated rings. The fraction of sp³-hybridized carbons (Fsp3) is 0.368. The summed E-state index contributed by atoms with van der Waals surface area (Å²) in [6.07, 6.45) is 1.45. The van der Waals surface area contributed by atoms with Crippen molar-refractivity contribution < 1.29 is 13.2 Å². The van der Waals surface area contributed by atoms with Gasteiger partial charge >= 0.3 is 0 Å². The average Bonchev–Trinajstić information content (AvgIpc) is 2.68. The molecule has 1 aliphatic rings. The van der Waals surface area contributed by atoms with E-state index in [1.807, 2.05) is 11.8 Å². The van der Waals surface area contributed by atoms with Crippen LogP contribution in [0.4, 0.5) is 11.5 Å². The van der Waals surface area contributed by atoms with E-state index in [-0.39, 0.29) is 16.5 Å². The fourth-order valence-electron chi connectivity index (χ4n) is 2.97. The van der Waals surface area contributed by atoms with Crippen LogP contribution in [0.3, 0.4) is 0 Å². The molecule has 0 spiro atoms. The normalized spacial score (nSPS) is 14.6. The number of hydrogen-bond donors (Lipinski definition) is 2. The Morgan fingerprint density at radius 1 is 1.18 bits per heavy atom. The van der Waals surface area contributed by atoms with E-state index in [2.05, 4.69) is 15.0 Å². The first kappa shape index (κ1) is 20.1. The van der Waals surface area contributed by atoms with Crippen LogP contribution in [0.15, 0.2) is 41.4 Å². The number of nitrogens with zero attached hydrogens (tertiary/aromatic N) is 3. The topological polar surface area (TPSA) is 94.6 Å². The molecule has 1 amide bonds. The van der Waals surface area contributed by atoms with Gasteiger partial charge < -0.3 is 15.1 Å². The minimum atomic E-state index is -3.77. The van der Waals surface area contributed by atoms with E-state index in [1.54, 1.807) is 44.4 Å². The Kier molecular flexibility index (Phi) is 5.85. The van der Waals surface area contributed by atoms with Crippen LogP contribution in [0.2, 0.25) is 0 Å². The van der Waals surface area contributed by atoms with E-state index in [4.69, 9.17) is 0 Å². The van der Waals surface area contributed by atoms with Crippen molar-refractivity contribution in [3.05, 3.63) is 47.7 Å². The lowest BCUT2D eigenvalue weighted by atomic mass is 10.2. The zero-order valence-corrected chi connectivity index (χ0v) is 17.1. The first-order chi connectivity index (χ1) is 13.3. The van der Waals surface area contributed by atoms with Gasteiger partial charge in [-0.1, -0.05) is 17.7 Å². The van der Waals surface area contributed by atoms with E-state index in [9.17, 15) is 13.2 Å². The standard InChI is InChI=1S/C19H25N5O3S/c1-14-4-6-16(7-5-14)28(26,27)22-15-12-17(19(25)23(2)3)18(21-13-15)24-10-8-20-9-11-24/h4-7,12-13,20,22H,8-11H2,1-3H3. The molecule has 1 aromatic carbocycles. The van der Waals surface area contributed by atoms with Crippen molar-refractivity contribution in [2.75, 3.05) is 49.9 Å². The predicted octanol–water partition coefficient (Wildman–Crippen LogP) is 1.30. The SMILES string of the molecule is Cc1ccc(S(=O)(=O)Nc2cnc(N3CCNCC3)c(C(=O)N(C)C)c2)cc1. The van der Waals surface area contributed by atoms with Crippen LogP contribution in [0.25, 0.3) is 0 Å². The molecular weight excluding hydrogens is 378 g/mol. The summed E-state index contributed by atoms with van der Waals surface area (Å²) in [6, 6.07) is 8.12. The van der Waals surface area contributed by atoms with E-state index < -0.39 is 10.0 Å². The van der Waals surface area contributed by atoms with Gasteiger partial charge in [0.1, 0.15) is 5.82 Å². The minimum absolute atomic E-state index is 0.157. The number of anilines is 2. The Hall–Kier alpha value is -2.65. The van der Waals surface area contributed by atoms with Gasteiger partial charge in [0.2, 0.25) is 0 Å². The zero-order valence-electron chi connectivity index (χ0n) is 16.3. The highest BCUT2D eigenvalue weighted by Gasteiger charge is 2.23. The van der Waals surface area contributed by atoms with E-state index in [0.717, 1.165) is 31.7 Å². The first-order valence-electron chi connectivity index (χ1n) is 9.05. The molecule has 3 rings (SSSR count). The second kappa shape index (κ2) is 8.15. The van der Waals surface area contributed by atoms with E-state index in [0.29, 0.717) is 11.4 Å². The van der Waals surface area contributed by atoms with Gasteiger partial charge in [-0.2, -0.15) is 0 Å². The summed E-state index contributed by atoms with van der Waals surface area (Å²) in [5.41, 5.74) is 1.60. The average molecular weight is 404 g/mol. The van der Waals surface area contributed by atoms with Gasteiger partial charge in [0.05, 0.1) is 22.3 Å². The van der Waals surface area contributed by atoms with Crippen molar-refractivity contribution in [1.82, 2.24) is 15.2 Å². The Bertz CT molecular complexity index is 952. The van der Waals surface area contributed by atoms with Crippen molar-refractivity contribution in [2.45, 2.75) is 11.8 Å². The number of piperazine rings is 1. The van der Waals surface area contributed by atoms with Crippen LogP contribution in [-0.2, 0) is 10.0 Å². The fourth-order valence-corrected chi connectivity index (χ4v) is 4.01. The molecule has 8 nitrogen and oxygen atoms in total. The maximum atomic E-state index is 12.7. The summed E-state index contributed by atoms with van der Waals surface area (Å²) >= 11 is 0. The summed E-state index contributed by atoms with van der Waals surface area (Å²) in [7, 11) is -0.450. The van der Waals surface area contributed by atoms with Crippen LogP contribution in [-0.4, -0.2) is 64.5 Å². The highest BCUT2D eigenvalue weighted by Crippen LogP contribution is 2.25. The number of aryl methyl sites for hydroxylation is 1. The maximum absolute atomic E-state index is 12.7. The number of aromatic nitrogens is 1. The van der Waals surface area contributed by atoms with Crippen molar-refractivity contribution in [2.24, 2.45) is 0 Å². The molecular formula is C19H25N5O3S. The maximum Gasteiger partial charge on any atom is 0.261 e. The summed E-state index contributed by atoms with van der Waals surface area (Å²) in [6.45, 7) is 4.96. The summed E-state index contributed by atoms with van der Waals surface area (Å²) in [5.74, 6) is 0.343. The van der Waals surface area contributed by atoms with Crippen LogP contribution < -0.4 is 14.9 Å². The van der Waals surface area contributed by atoms with Crippen molar-refractivity contribution >= 4 is 27.4 Å². The van der Waals surface area contributed by atoms with Crippen LogP contribution >= 0.6 is 0 Å². The molecule has 2 N–H and O–H groups in total. The monoisotopic (exact) mass is 403 g/mol. The second-order valence-corrected chi connectivity index (χ2v) is 8.63. The van der Waals surface area contributed by atoms with Gasteiger partial charge in [0, 0.05) is 40.3 Å². The molecule has 2 aromatic rings. The number of sulfonamides is 1. The predicted molar refractivity (Wildman–Crippen MR) is 109 cm³/mol. The Morgan fingerprint density at radius 3 is 2.43 bits per heavy atom. The molecule has 150 valence electrons. The number of carbonyl (C=O) groups excluding carboxylic acids is 1. The molecule has 0 aliphatic carbocycles. The minimum Gasteiger partial charge on any atom is -0.353 e. The van der Waals surface area contributed by atoms with Crippen LogP contribution in [0, 0.1) is 6.92 Å². The molecule has 0 radical (unpaired) electrons. The molecule has 0 atom stereocenters. The molecule has 1 aromatic heterocycles. The number of amides is 1. The van der Waals surface area contributed by atoms with Gasteiger partial charge in [0.15, 0.2) is 0 Å². The van der Waals surface area contributed by atoms with Gasteiger partial charge in [0.25, 0.3) is 15.9 Å². The molecule has 2 heterocycles. The summed E-state index contributed by atoms with van der Waals surface area (Å²) in [4.78, 5) is 20.8. The Balaban J connectivity index is 1.94. The number of hydrogen-bond acceptors (Lipinski definition) is 6. The Labute approximate surface area is 165 Å². The number of benzene rings is 1. The highest BCUT2D eigenvalue weighted by molar-refractivity contribution is 7.92. The third-order valence-electron chi connectivity index (χ3n) is 4.50. The summed E-state index contributed by atoms with van der Waals surface area (Å²) < 4.78 is 27.8. The van der Waals surface area contributed by atoms with Crippen molar-refractivity contribution in [3.8, 4) is 0 Å². The zero-order chi connectivity index (χ0) is 20.3. The smallest absolute Gasteiger partial charge is 0.261 e. The second-order valence-electron chi connectivity index (χ2n) is 6.95. The molecule has 0 saturated carbocycles. The van der Waals surface area contributed by atoms with Gasteiger partial charge in [-0.3, -0.25) is 9.52 Å². The largest absolute Gasteiger partial charge is 0.353 e. The Morgan fingerprint density at radius 2 is 1.82 bits per heavy atom. The third kappa shape index (κ3) is 4.42. The lowest BCUT2D eigenvalue weighted by Crippen LogP contribution is -2.44. The molecule has 1 aliphatic heterocycles. The lowest BCUT2D eigenvalue weighted by Gasteiger charge is -2.30. The number of nitrogens with one attached hydrogen (secondary N) is 2. The molecule has 28 heavy (non-hydrogen) atoms. The van der Waals surface area contributed by atoms with Crippen LogP contribution in [0.5, 0.6) is 0 Å². The van der Waals surface area contributed by atoms with Crippen molar-refractivity contribution in [1.29, 1.82) is 0 Å². The van der Waals surface area contributed by atoms with Crippen molar-refractivity contribution in [3.63, 3.8) is 0 Å². The summed E-state index contributed by atoms with van der Waals surface area (Å²) in [5, 5.41) is 3.26. The molecule has 1 saturated heterocycles. The van der Waals surface area contributed by atoms with Crippen LogP contribution in [0.1, 0.15) is 15.9 Å². The molecule has 0 bridgehead atoms. The lowest BCUT2D eigenvalue weighted by molar-refractivity contribution is 0.0827. The number of carbonyl (C=O) groups is 1. The number of rotatable bonds is 5. The highest BCUT2D eigenvalue weighted by atomic mass is 32.2. The molecule has 0 unspecified atom stereocenters. The third-order valence-corrected chi connectivity index (χ3v) is 5.90. The van der Waals surface area contributed by atoms with Gasteiger partial charge in [-0.25, -0.2) is 13.4 Å². The quantitative estimate of drug-likeness (QED) is 0.782. The van der Waals surface area contributed by atoms with Gasteiger partial charge in [-0.15, -0.1) is 0 Å².